The molecular formula is C34H35N7O7S. The molecule has 0 radical (unpaired) electrons. The molecule has 0 atom stereocenters. The monoisotopic (exact) mass is 685 g/mol. The van der Waals surface area contributed by atoms with Crippen LogP contribution in [0.3, 0.4) is 0 Å². The number of rotatable bonds is 5. The van der Waals surface area contributed by atoms with E-state index in [1.54, 1.807) is 61.8 Å². The quantitative estimate of drug-likeness (QED) is 0.235. The van der Waals surface area contributed by atoms with Gasteiger partial charge in [-0.05, 0) is 73.2 Å². The van der Waals surface area contributed by atoms with Gasteiger partial charge in [0.05, 0.1) is 24.9 Å². The molecule has 254 valence electrons. The maximum atomic E-state index is 12.6. The number of carbonyl (C=O) groups excluding carboxylic acids is 2. The summed E-state index contributed by atoms with van der Waals surface area (Å²) in [5.41, 5.74) is 4.67. The Balaban J connectivity index is 0.000000267. The Labute approximate surface area is 282 Å². The number of carbonyl (C=O) groups is 3. The molecule has 2 aliphatic rings. The zero-order valence-corrected chi connectivity index (χ0v) is 27.7. The minimum atomic E-state index is -4.23. The summed E-state index contributed by atoms with van der Waals surface area (Å²) in [6, 6.07) is 10.5. The molecule has 1 aliphatic carbocycles. The molecule has 14 nitrogen and oxygen atoms in total. The smallest absolute Gasteiger partial charge is 0.338 e. The Morgan fingerprint density at radius 1 is 1.04 bits per heavy atom. The average molecular weight is 686 g/mol. The first-order chi connectivity index (χ1) is 23.4. The number of aliphatic carboxylic acids is 1. The standard InChI is InChI=1S/C26H27N3O6S.C8H8N4O/c1-35-19-8-10-20-17(12-19)11-18(26(31)32)14-29-22-13-16(25(30)28-36(27,33)34)7-9-21(22)23(24(20)29)15-5-3-2-4-6-15;1-7-10-3-5-12(7)8(13)11-4-2-9-6-11/h7-13,15H,2-6,14H2,1H3,(H,28,30)(H,31,32)(H2,27,33,34);2-6H,1H3. The number of hydrogen-bond donors (Lipinski definition) is 3. The number of carboxylic acid groups (broad SMARTS) is 1. The number of nitrogens with zero attached hydrogens (tertiary/aromatic N) is 5. The number of ether oxygens (including phenoxy) is 1. The van der Waals surface area contributed by atoms with Crippen LogP contribution in [0.5, 0.6) is 5.75 Å². The molecule has 2 aromatic carbocycles. The predicted molar refractivity (Wildman–Crippen MR) is 181 cm³/mol. The van der Waals surface area contributed by atoms with Crippen LogP contribution in [-0.4, -0.2) is 62.2 Å². The SMILES string of the molecule is COc1ccc2c(c1)C=C(C(=O)O)Cn1c-2c(C2CCCCC2)c2ccc(C(=O)NS(N)(=O)=O)cc21.Cc1nccn1C(=O)n1ccnc1. The highest BCUT2D eigenvalue weighted by atomic mass is 32.2. The topological polar surface area (TPSA) is 193 Å². The van der Waals surface area contributed by atoms with Gasteiger partial charge in [0, 0.05) is 46.8 Å². The molecule has 0 bridgehead atoms. The van der Waals surface area contributed by atoms with Crippen LogP contribution in [-0.2, 0) is 21.5 Å². The minimum absolute atomic E-state index is 0.0884. The number of aryl methyl sites for hydroxylation is 1. The van der Waals surface area contributed by atoms with Gasteiger partial charge < -0.3 is 14.4 Å². The van der Waals surface area contributed by atoms with Crippen LogP contribution < -0.4 is 14.6 Å². The van der Waals surface area contributed by atoms with Gasteiger partial charge in [-0.15, -0.1) is 0 Å². The van der Waals surface area contributed by atoms with E-state index in [2.05, 4.69) is 9.97 Å². The molecule has 5 aromatic rings. The van der Waals surface area contributed by atoms with Crippen LogP contribution in [0, 0.1) is 6.92 Å². The summed E-state index contributed by atoms with van der Waals surface area (Å²) in [5, 5.41) is 15.9. The second-order valence-electron chi connectivity index (χ2n) is 11.9. The number of benzene rings is 2. The number of imidazole rings is 2. The maximum Gasteiger partial charge on any atom is 0.338 e. The van der Waals surface area contributed by atoms with Gasteiger partial charge in [0.1, 0.15) is 17.9 Å². The summed E-state index contributed by atoms with van der Waals surface area (Å²) < 4.78 is 34.9. The lowest BCUT2D eigenvalue weighted by Crippen LogP contribution is -2.35. The molecule has 15 heteroatoms. The lowest BCUT2D eigenvalue weighted by molar-refractivity contribution is -0.132. The minimum Gasteiger partial charge on any atom is -0.497 e. The van der Waals surface area contributed by atoms with E-state index in [0.717, 1.165) is 53.5 Å². The van der Waals surface area contributed by atoms with Crippen molar-refractivity contribution < 1.29 is 32.6 Å². The maximum absolute atomic E-state index is 12.6. The number of fused-ring (bicyclic) bond motifs is 5. The van der Waals surface area contributed by atoms with E-state index in [-0.39, 0.29) is 29.6 Å². The molecule has 0 unspecified atom stereocenters. The summed E-state index contributed by atoms with van der Waals surface area (Å²) >= 11 is 0. The first kappa shape index (κ1) is 33.4. The van der Waals surface area contributed by atoms with Crippen LogP contribution in [0.2, 0.25) is 0 Å². The van der Waals surface area contributed by atoms with Crippen LogP contribution in [0.4, 0.5) is 4.79 Å². The average Bonchev–Trinajstić information content (AvgIpc) is 3.81. The molecule has 0 saturated heterocycles. The summed E-state index contributed by atoms with van der Waals surface area (Å²) in [7, 11) is -2.66. The molecule has 4 N–H and O–H groups in total. The Bertz CT molecular complexity index is 2210. The molecule has 7 rings (SSSR count). The lowest BCUT2D eigenvalue weighted by Gasteiger charge is -2.24. The highest BCUT2D eigenvalue weighted by Gasteiger charge is 2.30. The van der Waals surface area contributed by atoms with Crippen LogP contribution >= 0.6 is 0 Å². The Morgan fingerprint density at radius 3 is 2.45 bits per heavy atom. The molecular weight excluding hydrogens is 650 g/mol. The number of aromatic nitrogens is 5. The van der Waals surface area contributed by atoms with E-state index in [9.17, 15) is 27.9 Å². The van der Waals surface area contributed by atoms with Gasteiger partial charge in [0.15, 0.2) is 0 Å². The molecule has 0 spiro atoms. The van der Waals surface area contributed by atoms with Crippen molar-refractivity contribution in [3.63, 3.8) is 0 Å². The van der Waals surface area contributed by atoms with Crippen molar-refractivity contribution in [2.75, 3.05) is 7.11 Å². The van der Waals surface area contributed by atoms with Crippen molar-refractivity contribution in [1.82, 2.24) is 28.4 Å². The van der Waals surface area contributed by atoms with E-state index >= 15 is 0 Å². The summed E-state index contributed by atoms with van der Waals surface area (Å²) in [5.74, 6) is -0.315. The van der Waals surface area contributed by atoms with Gasteiger partial charge >= 0.3 is 12.0 Å². The zero-order valence-electron chi connectivity index (χ0n) is 26.9. The van der Waals surface area contributed by atoms with Crippen molar-refractivity contribution in [2.45, 2.75) is 51.5 Å². The van der Waals surface area contributed by atoms with Crippen LogP contribution in [0.15, 0.2) is 73.1 Å². The Kier molecular flexibility index (Phi) is 9.21. The van der Waals surface area contributed by atoms with E-state index in [1.807, 2.05) is 28.8 Å². The number of amides is 1. The van der Waals surface area contributed by atoms with Crippen molar-refractivity contribution in [3.05, 3.63) is 95.6 Å². The van der Waals surface area contributed by atoms with Gasteiger partial charge in [-0.3, -0.25) is 13.9 Å². The highest BCUT2D eigenvalue weighted by Crippen LogP contribution is 2.47. The van der Waals surface area contributed by atoms with Gasteiger partial charge in [-0.1, -0.05) is 25.3 Å². The van der Waals surface area contributed by atoms with Crippen molar-refractivity contribution in [1.29, 1.82) is 0 Å². The first-order valence-corrected chi connectivity index (χ1v) is 17.2. The number of nitrogens with one attached hydrogen (secondary N) is 1. The van der Waals surface area contributed by atoms with Gasteiger partial charge in [0.25, 0.3) is 16.1 Å². The lowest BCUT2D eigenvalue weighted by atomic mass is 9.81. The fourth-order valence-electron chi connectivity index (χ4n) is 6.58. The second kappa shape index (κ2) is 13.5. The summed E-state index contributed by atoms with van der Waals surface area (Å²) in [4.78, 5) is 44.2. The van der Waals surface area contributed by atoms with Crippen LogP contribution in [0.1, 0.15) is 65.3 Å². The van der Waals surface area contributed by atoms with E-state index < -0.39 is 22.1 Å². The zero-order chi connectivity index (χ0) is 34.9. The molecule has 4 heterocycles. The third kappa shape index (κ3) is 6.89. The van der Waals surface area contributed by atoms with Gasteiger partial charge in [-0.25, -0.2) is 29.4 Å². The van der Waals surface area contributed by atoms with Crippen molar-refractivity contribution >= 4 is 45.1 Å². The third-order valence-corrected chi connectivity index (χ3v) is 9.29. The van der Waals surface area contributed by atoms with Crippen LogP contribution in [0.25, 0.3) is 28.2 Å². The Morgan fingerprint density at radius 2 is 1.82 bits per heavy atom. The fraction of sp³-hybridized carbons (Fsp3) is 0.265. The second-order valence-corrected chi connectivity index (χ2v) is 13.2. The van der Waals surface area contributed by atoms with E-state index in [1.165, 1.54) is 21.9 Å². The van der Waals surface area contributed by atoms with E-state index in [0.29, 0.717) is 17.1 Å². The fourth-order valence-corrected chi connectivity index (χ4v) is 6.95. The summed E-state index contributed by atoms with van der Waals surface area (Å²) in [6.45, 7) is 1.86. The highest BCUT2D eigenvalue weighted by molar-refractivity contribution is 7.87. The normalized spacial score (nSPS) is 14.5. The molecule has 1 saturated carbocycles. The first-order valence-electron chi connectivity index (χ1n) is 15.6. The molecule has 49 heavy (non-hydrogen) atoms. The number of hydrogen-bond acceptors (Lipinski definition) is 8. The van der Waals surface area contributed by atoms with Crippen molar-refractivity contribution in [2.24, 2.45) is 5.14 Å². The molecule has 1 amide bonds. The number of methoxy groups -OCH3 is 1. The summed E-state index contributed by atoms with van der Waals surface area (Å²) in [6.07, 6.45) is 14.9. The van der Waals surface area contributed by atoms with E-state index in [4.69, 9.17) is 9.88 Å². The third-order valence-electron chi connectivity index (χ3n) is 8.82. The molecule has 1 fully saturated rings. The number of nitrogens with two attached hydrogens (primary N) is 1. The number of carboxylic acids is 1. The van der Waals surface area contributed by atoms with Gasteiger partial charge in [0.2, 0.25) is 0 Å². The predicted octanol–water partition coefficient (Wildman–Crippen LogP) is 4.68. The molecule has 1 aliphatic heterocycles. The largest absolute Gasteiger partial charge is 0.497 e. The molecule has 3 aromatic heterocycles. The Hall–Kier alpha value is -5.54. The van der Waals surface area contributed by atoms with Gasteiger partial charge in [-0.2, -0.15) is 8.42 Å². The van der Waals surface area contributed by atoms with Crippen molar-refractivity contribution in [3.8, 4) is 17.0 Å².